The average molecular weight is 435 g/mol. The second-order valence-corrected chi connectivity index (χ2v) is 6.12. The molecule has 1 aromatic carbocycles. The lowest BCUT2D eigenvalue weighted by Gasteiger charge is -2.14. The lowest BCUT2D eigenvalue weighted by molar-refractivity contribution is 0.102. The van der Waals surface area contributed by atoms with Crippen molar-refractivity contribution in [3.63, 3.8) is 0 Å². The number of nitrogens with one attached hydrogen (secondary N) is 1. The molecule has 110 valence electrons. The minimum Gasteiger partial charge on any atom is -0.491 e. The van der Waals surface area contributed by atoms with Gasteiger partial charge in [0.25, 0.3) is 5.91 Å². The zero-order valence-corrected chi connectivity index (χ0v) is 14.9. The lowest BCUT2D eigenvalue weighted by Crippen LogP contribution is -2.13. The van der Waals surface area contributed by atoms with Crippen LogP contribution in [0.15, 0.2) is 39.5 Å². The highest BCUT2D eigenvalue weighted by molar-refractivity contribution is 9.10. The maximum absolute atomic E-state index is 12.3. The van der Waals surface area contributed by atoms with E-state index in [1.807, 2.05) is 6.92 Å². The molecule has 1 N–H and O–H groups in total. The van der Waals surface area contributed by atoms with Crippen molar-refractivity contribution in [2.45, 2.75) is 6.92 Å². The molecule has 1 heterocycles. The number of halogens is 3. The molecule has 0 aliphatic heterocycles. The van der Waals surface area contributed by atoms with Crippen LogP contribution in [-0.2, 0) is 0 Å². The van der Waals surface area contributed by atoms with Crippen molar-refractivity contribution in [1.82, 2.24) is 4.98 Å². The van der Waals surface area contributed by atoms with Crippen LogP contribution in [0.2, 0.25) is 5.02 Å². The predicted octanol–water partition coefficient (Wildman–Crippen LogP) is 4.91. The number of nitrogens with zero attached hydrogens (tertiary/aromatic N) is 1. The van der Waals surface area contributed by atoms with E-state index in [1.54, 1.807) is 30.5 Å². The normalized spacial score (nSPS) is 10.3. The molecule has 0 bridgehead atoms. The van der Waals surface area contributed by atoms with Gasteiger partial charge in [0.05, 0.1) is 16.8 Å². The summed E-state index contributed by atoms with van der Waals surface area (Å²) in [5, 5.41) is 3.29. The van der Waals surface area contributed by atoms with Gasteiger partial charge in [0.2, 0.25) is 0 Å². The first kappa shape index (κ1) is 16.3. The quantitative estimate of drug-likeness (QED) is 0.696. The Kier molecular flexibility index (Phi) is 5.61. The Balaban J connectivity index is 2.32. The van der Waals surface area contributed by atoms with Crippen LogP contribution in [0.5, 0.6) is 5.75 Å². The molecule has 2 rings (SSSR count). The average Bonchev–Trinajstić information content (AvgIpc) is 2.42. The largest absolute Gasteiger partial charge is 0.491 e. The summed E-state index contributed by atoms with van der Waals surface area (Å²) in [4.78, 5) is 16.3. The first-order valence-electron chi connectivity index (χ1n) is 6.06. The molecule has 21 heavy (non-hydrogen) atoms. The number of ether oxygens (including phenoxy) is 1. The first-order valence-corrected chi connectivity index (χ1v) is 8.02. The van der Waals surface area contributed by atoms with Crippen LogP contribution >= 0.6 is 43.5 Å². The van der Waals surface area contributed by atoms with E-state index in [1.165, 1.54) is 0 Å². The van der Waals surface area contributed by atoms with Gasteiger partial charge in [-0.3, -0.25) is 4.79 Å². The highest BCUT2D eigenvalue weighted by Crippen LogP contribution is 2.36. The molecule has 1 aromatic heterocycles. The Hall–Kier alpha value is -1.11. The molecular formula is C14H11Br2ClN2O2. The smallest absolute Gasteiger partial charge is 0.255 e. The van der Waals surface area contributed by atoms with E-state index in [0.717, 1.165) is 0 Å². The van der Waals surface area contributed by atoms with Crippen molar-refractivity contribution in [3.8, 4) is 5.75 Å². The SMILES string of the molecule is CCOc1c(Br)cc(Cl)cc1NC(=O)c1ccnc(Br)c1. The van der Waals surface area contributed by atoms with E-state index in [-0.39, 0.29) is 5.91 Å². The number of carbonyl (C=O) groups is 1. The highest BCUT2D eigenvalue weighted by Gasteiger charge is 2.14. The highest BCUT2D eigenvalue weighted by atomic mass is 79.9. The van der Waals surface area contributed by atoms with Crippen molar-refractivity contribution in [2.24, 2.45) is 0 Å². The molecule has 0 saturated carbocycles. The number of anilines is 1. The number of pyridine rings is 1. The molecule has 0 radical (unpaired) electrons. The van der Waals surface area contributed by atoms with Gasteiger partial charge in [-0.2, -0.15) is 0 Å². The van der Waals surface area contributed by atoms with Crippen LogP contribution in [0.4, 0.5) is 5.69 Å². The summed E-state index contributed by atoms with van der Waals surface area (Å²) in [5.74, 6) is 0.275. The fourth-order valence-electron chi connectivity index (χ4n) is 1.68. The zero-order valence-electron chi connectivity index (χ0n) is 11.0. The molecule has 1 amide bonds. The molecule has 0 spiro atoms. The first-order chi connectivity index (χ1) is 10.0. The van der Waals surface area contributed by atoms with Crippen LogP contribution < -0.4 is 10.1 Å². The Bertz CT molecular complexity index is 680. The van der Waals surface area contributed by atoms with E-state index in [2.05, 4.69) is 42.2 Å². The number of carbonyl (C=O) groups excluding carboxylic acids is 1. The number of amides is 1. The summed E-state index contributed by atoms with van der Waals surface area (Å²) in [6.45, 7) is 2.34. The summed E-state index contributed by atoms with van der Waals surface area (Å²) in [6.07, 6.45) is 1.55. The third-order valence-electron chi connectivity index (χ3n) is 2.53. The van der Waals surface area contributed by atoms with Gasteiger partial charge in [-0.1, -0.05) is 11.6 Å². The molecule has 0 saturated heterocycles. The minimum absolute atomic E-state index is 0.270. The van der Waals surface area contributed by atoms with Gasteiger partial charge in [0.1, 0.15) is 4.60 Å². The lowest BCUT2D eigenvalue weighted by atomic mass is 10.2. The van der Waals surface area contributed by atoms with E-state index in [9.17, 15) is 4.79 Å². The maximum Gasteiger partial charge on any atom is 0.255 e. The van der Waals surface area contributed by atoms with Gasteiger partial charge in [0, 0.05) is 16.8 Å². The molecule has 0 fully saturated rings. The summed E-state index contributed by atoms with van der Waals surface area (Å²) in [5.41, 5.74) is 0.990. The predicted molar refractivity (Wildman–Crippen MR) is 90.2 cm³/mol. The molecule has 0 aliphatic carbocycles. The summed E-state index contributed by atoms with van der Waals surface area (Å²) in [6, 6.07) is 6.62. The maximum atomic E-state index is 12.3. The van der Waals surface area contributed by atoms with Crippen molar-refractivity contribution in [1.29, 1.82) is 0 Å². The number of hydrogen-bond donors (Lipinski definition) is 1. The Morgan fingerprint density at radius 1 is 1.38 bits per heavy atom. The molecule has 4 nitrogen and oxygen atoms in total. The van der Waals surface area contributed by atoms with Gasteiger partial charge >= 0.3 is 0 Å². The van der Waals surface area contributed by atoms with Crippen molar-refractivity contribution < 1.29 is 9.53 Å². The monoisotopic (exact) mass is 432 g/mol. The Morgan fingerprint density at radius 3 is 2.81 bits per heavy atom. The molecule has 7 heteroatoms. The molecule has 0 aliphatic rings. The number of benzene rings is 1. The van der Waals surface area contributed by atoms with Gasteiger partial charge in [-0.25, -0.2) is 4.98 Å². The second kappa shape index (κ2) is 7.24. The summed E-state index contributed by atoms with van der Waals surface area (Å²) >= 11 is 12.6. The third kappa shape index (κ3) is 4.18. The molecule has 0 unspecified atom stereocenters. The summed E-state index contributed by atoms with van der Waals surface area (Å²) in [7, 11) is 0. The van der Waals surface area contributed by atoms with Crippen LogP contribution in [0.25, 0.3) is 0 Å². The van der Waals surface area contributed by atoms with Gasteiger partial charge in [-0.05, 0) is 63.0 Å². The standard InChI is InChI=1S/C14H11Br2ClN2O2/c1-2-21-13-10(15)6-9(17)7-11(13)19-14(20)8-3-4-18-12(16)5-8/h3-7H,2H2,1H3,(H,19,20). The van der Waals surface area contributed by atoms with Crippen LogP contribution in [0.3, 0.4) is 0 Å². The topological polar surface area (TPSA) is 51.2 Å². The van der Waals surface area contributed by atoms with Crippen molar-refractivity contribution in [3.05, 3.63) is 50.1 Å². The van der Waals surface area contributed by atoms with Gasteiger partial charge < -0.3 is 10.1 Å². The summed E-state index contributed by atoms with van der Waals surface area (Å²) < 4.78 is 6.82. The zero-order chi connectivity index (χ0) is 15.4. The molecule has 0 atom stereocenters. The number of aromatic nitrogens is 1. The van der Waals surface area contributed by atoms with Gasteiger partial charge in [0.15, 0.2) is 5.75 Å². The number of hydrogen-bond acceptors (Lipinski definition) is 3. The fourth-order valence-corrected chi connectivity index (χ4v) is 2.97. The van der Waals surface area contributed by atoms with E-state index in [0.29, 0.717) is 37.7 Å². The van der Waals surface area contributed by atoms with Gasteiger partial charge in [-0.15, -0.1) is 0 Å². The van der Waals surface area contributed by atoms with E-state index < -0.39 is 0 Å². The minimum atomic E-state index is -0.270. The number of rotatable bonds is 4. The third-order valence-corrected chi connectivity index (χ3v) is 3.77. The van der Waals surface area contributed by atoms with E-state index in [4.69, 9.17) is 16.3 Å². The van der Waals surface area contributed by atoms with Crippen molar-refractivity contribution >= 4 is 55.1 Å². The second-order valence-electron chi connectivity index (χ2n) is 4.02. The van der Waals surface area contributed by atoms with E-state index >= 15 is 0 Å². The van der Waals surface area contributed by atoms with Crippen molar-refractivity contribution in [2.75, 3.05) is 11.9 Å². The van der Waals surface area contributed by atoms with Crippen LogP contribution in [-0.4, -0.2) is 17.5 Å². The van der Waals surface area contributed by atoms with Crippen LogP contribution in [0, 0.1) is 0 Å². The molecule has 2 aromatic rings. The fraction of sp³-hybridized carbons (Fsp3) is 0.143. The Morgan fingerprint density at radius 2 is 2.14 bits per heavy atom. The Labute approximate surface area is 144 Å². The molecular weight excluding hydrogens is 423 g/mol. The van der Waals surface area contributed by atoms with Crippen LogP contribution in [0.1, 0.15) is 17.3 Å².